The lowest BCUT2D eigenvalue weighted by molar-refractivity contribution is 0.955. The Bertz CT molecular complexity index is 3890. The van der Waals surface area contributed by atoms with Crippen LogP contribution in [0.4, 0.5) is 0 Å². The molecule has 4 heterocycles. The first-order valence-electron chi connectivity index (χ1n) is 21.2. The molecule has 0 saturated heterocycles. The van der Waals surface area contributed by atoms with E-state index in [1.165, 1.54) is 58.7 Å². The molecule has 0 N–H and O–H groups in total. The summed E-state index contributed by atoms with van der Waals surface area (Å²) in [4.78, 5) is 15.8. The molecule has 63 heavy (non-hydrogen) atoms. The molecule has 0 radical (unpaired) electrons. The smallest absolute Gasteiger partial charge is 0.238 e. The molecule has 0 bridgehead atoms. The van der Waals surface area contributed by atoms with Gasteiger partial charge in [0.05, 0.1) is 31.5 Å². The van der Waals surface area contributed by atoms with Gasteiger partial charge in [0, 0.05) is 49.1 Å². The number of hydrogen-bond donors (Lipinski definition) is 0. The van der Waals surface area contributed by atoms with E-state index in [-0.39, 0.29) is 0 Å². The van der Waals surface area contributed by atoms with Gasteiger partial charge in [0.25, 0.3) is 0 Å². The van der Waals surface area contributed by atoms with E-state index < -0.39 is 0 Å². The van der Waals surface area contributed by atoms with Crippen molar-refractivity contribution >= 4 is 75.1 Å². The largest absolute Gasteiger partial charge is 0.308 e. The summed E-state index contributed by atoms with van der Waals surface area (Å²) in [6.45, 7) is 0. The van der Waals surface area contributed by atoms with Gasteiger partial charge in [-0.15, -0.1) is 11.3 Å². The van der Waals surface area contributed by atoms with Gasteiger partial charge in [0.15, 0.2) is 11.6 Å². The zero-order valence-electron chi connectivity index (χ0n) is 33.9. The van der Waals surface area contributed by atoms with Gasteiger partial charge in [0.2, 0.25) is 5.95 Å². The van der Waals surface area contributed by atoms with Crippen LogP contribution in [0.2, 0.25) is 0 Å². The van der Waals surface area contributed by atoms with Gasteiger partial charge in [-0.1, -0.05) is 188 Å². The van der Waals surface area contributed by atoms with Gasteiger partial charge in [-0.2, -0.15) is 9.97 Å². The number of nitrogens with zero attached hydrogens (tertiary/aromatic N) is 5. The molecule has 0 spiro atoms. The van der Waals surface area contributed by atoms with Crippen LogP contribution in [0.1, 0.15) is 0 Å². The molecule has 0 amide bonds. The average molecular weight is 822 g/mol. The standard InChI is InChI=1S/C57H35N5S/c1-4-15-36(16-5-1)38-27-29-40(30-28-38)56-58-55(39-19-8-3-9-20-39)59-57(60-56)62-50-26-13-11-24-44(50)46-32-34-48-47-33-31-45-43-23-10-12-25-49(43)61(51(45)53(47)63-54(48)52(46)62)42-22-14-21-41(35-42)37-17-6-2-7-18-37/h1-35H. The zero-order chi connectivity index (χ0) is 41.4. The summed E-state index contributed by atoms with van der Waals surface area (Å²) in [7, 11) is 0. The van der Waals surface area contributed by atoms with E-state index in [0.717, 1.165) is 44.2 Å². The van der Waals surface area contributed by atoms with E-state index in [2.05, 4.69) is 197 Å². The van der Waals surface area contributed by atoms with Crippen LogP contribution in [0.25, 0.3) is 120 Å². The Morgan fingerprint density at radius 3 is 1.33 bits per heavy atom. The van der Waals surface area contributed by atoms with Crippen LogP contribution in [0.5, 0.6) is 0 Å². The third-order valence-electron chi connectivity index (χ3n) is 12.4. The van der Waals surface area contributed by atoms with Gasteiger partial charge in [-0.25, -0.2) is 4.98 Å². The maximum Gasteiger partial charge on any atom is 0.238 e. The van der Waals surface area contributed by atoms with E-state index in [4.69, 9.17) is 15.0 Å². The van der Waals surface area contributed by atoms with E-state index in [9.17, 15) is 0 Å². The highest BCUT2D eigenvalue weighted by Gasteiger charge is 2.23. The molecule has 0 aliphatic carbocycles. The molecule has 0 unspecified atom stereocenters. The molecule has 0 fully saturated rings. The summed E-state index contributed by atoms with van der Waals surface area (Å²) in [5, 5.41) is 7.21. The highest BCUT2D eigenvalue weighted by atomic mass is 32.1. The lowest BCUT2D eigenvalue weighted by Crippen LogP contribution is -2.06. The fraction of sp³-hybridized carbons (Fsp3) is 0. The van der Waals surface area contributed by atoms with E-state index in [1.54, 1.807) is 0 Å². The van der Waals surface area contributed by atoms with E-state index >= 15 is 0 Å². The molecule has 294 valence electrons. The molecule has 13 aromatic rings. The van der Waals surface area contributed by atoms with Crippen molar-refractivity contribution in [3.05, 3.63) is 212 Å². The Morgan fingerprint density at radius 1 is 0.302 bits per heavy atom. The molecule has 4 aromatic heterocycles. The van der Waals surface area contributed by atoms with Crippen LogP contribution in [0.3, 0.4) is 0 Å². The maximum absolute atomic E-state index is 5.34. The van der Waals surface area contributed by atoms with Gasteiger partial charge < -0.3 is 4.57 Å². The predicted octanol–water partition coefficient (Wildman–Crippen LogP) is 15.1. The van der Waals surface area contributed by atoms with E-state index in [1.807, 2.05) is 35.6 Å². The molecule has 0 atom stereocenters. The summed E-state index contributed by atoms with van der Waals surface area (Å²) >= 11 is 1.86. The Morgan fingerprint density at radius 2 is 0.730 bits per heavy atom. The monoisotopic (exact) mass is 821 g/mol. The van der Waals surface area contributed by atoms with Gasteiger partial charge >= 0.3 is 0 Å². The van der Waals surface area contributed by atoms with E-state index in [0.29, 0.717) is 17.6 Å². The number of fused-ring (bicyclic) bond motifs is 11. The number of aromatic nitrogens is 5. The molecule has 9 aromatic carbocycles. The summed E-state index contributed by atoms with van der Waals surface area (Å²) < 4.78 is 7.17. The minimum absolute atomic E-state index is 0.583. The normalized spacial score (nSPS) is 11.8. The summed E-state index contributed by atoms with van der Waals surface area (Å²) in [5.41, 5.74) is 12.2. The number of rotatable bonds is 6. The third-order valence-corrected chi connectivity index (χ3v) is 13.6. The molecule has 0 aliphatic heterocycles. The van der Waals surface area contributed by atoms with Crippen molar-refractivity contribution in [1.82, 2.24) is 24.1 Å². The highest BCUT2D eigenvalue weighted by molar-refractivity contribution is 7.27. The minimum atomic E-state index is 0.583. The molecular formula is C57H35N5S. The SMILES string of the molecule is c1ccc(-c2ccc(-c3nc(-c4ccccc4)nc(-n4c5ccccc5c5ccc6c7ccc8c9ccccc9n(-c9cccc(-c%10ccccc%10)c9)c8c7sc6c54)n3)cc2)cc1. The van der Waals surface area contributed by atoms with Crippen molar-refractivity contribution in [3.63, 3.8) is 0 Å². The molecule has 13 rings (SSSR count). The predicted molar refractivity (Wildman–Crippen MR) is 263 cm³/mol. The zero-order valence-corrected chi connectivity index (χ0v) is 34.7. The van der Waals surface area contributed by atoms with Crippen molar-refractivity contribution in [2.75, 3.05) is 0 Å². The molecule has 0 saturated carbocycles. The van der Waals surface area contributed by atoms with Crippen LogP contribution < -0.4 is 0 Å². The van der Waals surface area contributed by atoms with Gasteiger partial charge in [-0.3, -0.25) is 4.57 Å². The van der Waals surface area contributed by atoms with Crippen molar-refractivity contribution in [2.45, 2.75) is 0 Å². The van der Waals surface area contributed by atoms with Gasteiger partial charge in [-0.05, 0) is 46.5 Å². The van der Waals surface area contributed by atoms with Crippen LogP contribution in [-0.4, -0.2) is 24.1 Å². The average Bonchev–Trinajstić information content (AvgIpc) is 4.03. The second-order valence-corrected chi connectivity index (χ2v) is 17.0. The van der Waals surface area contributed by atoms with Crippen LogP contribution in [0.15, 0.2) is 212 Å². The fourth-order valence-electron chi connectivity index (χ4n) is 9.47. The number of para-hydroxylation sites is 2. The first-order chi connectivity index (χ1) is 31.2. The van der Waals surface area contributed by atoms with Crippen molar-refractivity contribution < 1.29 is 0 Å². The number of thiophene rings is 1. The molecular weight excluding hydrogens is 787 g/mol. The summed E-state index contributed by atoms with van der Waals surface area (Å²) in [6.07, 6.45) is 0. The minimum Gasteiger partial charge on any atom is -0.308 e. The Labute approximate surface area is 366 Å². The topological polar surface area (TPSA) is 48.5 Å². The molecule has 5 nitrogen and oxygen atoms in total. The van der Waals surface area contributed by atoms with Crippen molar-refractivity contribution in [1.29, 1.82) is 0 Å². The second kappa shape index (κ2) is 14.2. The Kier molecular flexibility index (Phi) is 8.01. The van der Waals surface area contributed by atoms with Crippen molar-refractivity contribution in [2.24, 2.45) is 0 Å². The number of benzene rings is 9. The first kappa shape index (κ1) is 35.6. The highest BCUT2D eigenvalue weighted by Crippen LogP contribution is 2.47. The quantitative estimate of drug-likeness (QED) is 0.168. The summed E-state index contributed by atoms with van der Waals surface area (Å²) in [6, 6.07) is 75.4. The summed E-state index contributed by atoms with van der Waals surface area (Å²) in [5.74, 6) is 1.83. The lowest BCUT2D eigenvalue weighted by atomic mass is 10.0. The molecule has 6 heteroatoms. The van der Waals surface area contributed by atoms with Crippen LogP contribution >= 0.6 is 11.3 Å². The Balaban J connectivity index is 1.09. The fourth-order valence-corrected chi connectivity index (χ4v) is 10.8. The number of hydrogen-bond acceptors (Lipinski definition) is 4. The Hall–Kier alpha value is -8.19. The van der Waals surface area contributed by atoms with Gasteiger partial charge in [0.1, 0.15) is 0 Å². The van der Waals surface area contributed by atoms with Crippen LogP contribution in [-0.2, 0) is 0 Å². The first-order valence-corrected chi connectivity index (χ1v) is 22.0. The maximum atomic E-state index is 5.34. The van der Waals surface area contributed by atoms with Crippen molar-refractivity contribution in [3.8, 4) is 56.7 Å². The lowest BCUT2D eigenvalue weighted by Gasteiger charge is -2.11. The molecule has 0 aliphatic rings. The third kappa shape index (κ3) is 5.66. The van der Waals surface area contributed by atoms with Crippen LogP contribution in [0, 0.1) is 0 Å². The second-order valence-electron chi connectivity index (χ2n) is 16.0.